The Hall–Kier alpha value is -0.780. The number of halogens is 2. The number of aryl methyl sites for hydroxylation is 1. The molecule has 0 aromatic carbocycles. The van der Waals surface area contributed by atoms with Crippen LogP contribution in [0.4, 0.5) is 0 Å². The Morgan fingerprint density at radius 1 is 1.47 bits per heavy atom. The molecule has 1 aliphatic rings. The molecule has 1 aromatic heterocycles. The van der Waals surface area contributed by atoms with Crippen molar-refractivity contribution in [3.8, 4) is 0 Å². The average molecular weight is 309 g/mol. The number of rotatable bonds is 2. The van der Waals surface area contributed by atoms with Crippen LogP contribution in [0.2, 0.25) is 0 Å². The molecule has 1 N–H and O–H groups in total. The van der Waals surface area contributed by atoms with E-state index in [2.05, 4.69) is 10.4 Å². The lowest BCUT2D eigenvalue weighted by molar-refractivity contribution is -0.134. The molecule has 110 valence electrons. The van der Waals surface area contributed by atoms with Gasteiger partial charge in [0.15, 0.2) is 0 Å². The number of piperidine rings is 1. The van der Waals surface area contributed by atoms with E-state index in [4.69, 9.17) is 0 Å². The van der Waals surface area contributed by atoms with Crippen LogP contribution in [0.5, 0.6) is 0 Å². The molecule has 0 radical (unpaired) electrons. The fraction of sp³-hybridized carbons (Fsp3) is 0.667. The first-order valence-corrected chi connectivity index (χ1v) is 6.01. The molecule has 0 spiro atoms. The van der Waals surface area contributed by atoms with Crippen molar-refractivity contribution < 1.29 is 4.79 Å². The zero-order chi connectivity index (χ0) is 12.4. The van der Waals surface area contributed by atoms with Gasteiger partial charge in [0.05, 0.1) is 0 Å². The van der Waals surface area contributed by atoms with Gasteiger partial charge in [-0.05, 0) is 19.0 Å². The van der Waals surface area contributed by atoms with Gasteiger partial charge >= 0.3 is 0 Å². The minimum absolute atomic E-state index is 0. The monoisotopic (exact) mass is 308 g/mol. The quantitative estimate of drug-likeness (QED) is 0.888. The van der Waals surface area contributed by atoms with Gasteiger partial charge in [-0.2, -0.15) is 5.10 Å². The topological polar surface area (TPSA) is 50.2 Å². The molecule has 1 aliphatic heterocycles. The van der Waals surface area contributed by atoms with Crippen molar-refractivity contribution in [3.05, 3.63) is 18.0 Å². The second kappa shape index (κ2) is 7.72. The first-order chi connectivity index (χ1) is 8.11. The van der Waals surface area contributed by atoms with E-state index in [0.29, 0.717) is 0 Å². The zero-order valence-corrected chi connectivity index (χ0v) is 13.1. The third-order valence-electron chi connectivity index (χ3n) is 3.48. The molecule has 19 heavy (non-hydrogen) atoms. The number of nitrogens with one attached hydrogen (secondary N) is 1. The predicted octanol–water partition coefficient (Wildman–Crippen LogP) is 1.04. The largest absolute Gasteiger partial charge is 0.349 e. The van der Waals surface area contributed by atoms with Crippen LogP contribution in [0.1, 0.15) is 18.0 Å². The van der Waals surface area contributed by atoms with Crippen molar-refractivity contribution in [3.63, 3.8) is 0 Å². The summed E-state index contributed by atoms with van der Waals surface area (Å²) < 4.78 is 1.87. The van der Waals surface area contributed by atoms with E-state index in [-0.39, 0.29) is 42.6 Å². The first-order valence-electron chi connectivity index (χ1n) is 6.01. The summed E-state index contributed by atoms with van der Waals surface area (Å²) >= 11 is 0. The number of carbonyl (C=O) groups is 1. The molecule has 5 nitrogen and oxygen atoms in total. The van der Waals surface area contributed by atoms with E-state index in [0.717, 1.165) is 25.2 Å². The molecule has 2 rings (SSSR count). The number of hydrogen-bond acceptors (Lipinski definition) is 3. The normalized spacial score (nSPS) is 22.1. The molecule has 0 saturated carbocycles. The Balaban J connectivity index is 0.00000162. The summed E-state index contributed by atoms with van der Waals surface area (Å²) in [5.74, 6) is 0.519. The SMILES string of the molecule is CN(C)C(=O)C1CCNCC1c1ccnn1C.Cl.Cl. The number of nitrogens with zero attached hydrogens (tertiary/aromatic N) is 3. The van der Waals surface area contributed by atoms with E-state index in [1.165, 1.54) is 0 Å². The van der Waals surface area contributed by atoms with E-state index < -0.39 is 0 Å². The summed E-state index contributed by atoms with van der Waals surface area (Å²) in [6.45, 7) is 1.77. The molecular formula is C12H22Cl2N4O. The maximum atomic E-state index is 12.2. The van der Waals surface area contributed by atoms with Gasteiger partial charge in [0.25, 0.3) is 0 Å². The van der Waals surface area contributed by atoms with Gasteiger partial charge in [0, 0.05) is 51.4 Å². The van der Waals surface area contributed by atoms with Crippen LogP contribution < -0.4 is 5.32 Å². The zero-order valence-electron chi connectivity index (χ0n) is 11.5. The summed E-state index contributed by atoms with van der Waals surface area (Å²) in [6.07, 6.45) is 2.69. The second-order valence-corrected chi connectivity index (χ2v) is 4.82. The number of hydrogen-bond donors (Lipinski definition) is 1. The lowest BCUT2D eigenvalue weighted by Crippen LogP contribution is -2.43. The van der Waals surface area contributed by atoms with Crippen molar-refractivity contribution in [2.75, 3.05) is 27.2 Å². The molecule has 2 heterocycles. The van der Waals surface area contributed by atoms with Gasteiger partial charge in [-0.3, -0.25) is 9.48 Å². The highest BCUT2D eigenvalue weighted by atomic mass is 35.5. The molecule has 2 atom stereocenters. The van der Waals surface area contributed by atoms with Crippen molar-refractivity contribution >= 4 is 30.7 Å². The van der Waals surface area contributed by atoms with Crippen molar-refractivity contribution in [1.82, 2.24) is 20.0 Å². The van der Waals surface area contributed by atoms with Gasteiger partial charge in [0.1, 0.15) is 0 Å². The number of aromatic nitrogens is 2. The van der Waals surface area contributed by atoms with Crippen molar-refractivity contribution in [1.29, 1.82) is 0 Å². The molecule has 2 unspecified atom stereocenters. The molecule has 1 saturated heterocycles. The summed E-state index contributed by atoms with van der Waals surface area (Å²) in [6, 6.07) is 2.01. The lowest BCUT2D eigenvalue weighted by Gasteiger charge is -2.32. The average Bonchev–Trinajstić information content (AvgIpc) is 2.74. The standard InChI is InChI=1S/C12H20N4O.2ClH/c1-15(2)12(17)9-4-6-13-8-10(9)11-5-7-14-16(11)3;;/h5,7,9-10,13H,4,6,8H2,1-3H3;2*1H. The third-order valence-corrected chi connectivity index (χ3v) is 3.48. The summed E-state index contributed by atoms with van der Waals surface area (Å²) in [5.41, 5.74) is 1.14. The van der Waals surface area contributed by atoms with E-state index in [9.17, 15) is 4.79 Å². The smallest absolute Gasteiger partial charge is 0.225 e. The van der Waals surface area contributed by atoms with E-state index in [1.54, 1.807) is 11.1 Å². The minimum Gasteiger partial charge on any atom is -0.349 e. The van der Waals surface area contributed by atoms with Crippen LogP contribution in [0.25, 0.3) is 0 Å². The maximum Gasteiger partial charge on any atom is 0.225 e. The molecule has 0 bridgehead atoms. The summed E-state index contributed by atoms with van der Waals surface area (Å²) in [4.78, 5) is 13.9. The second-order valence-electron chi connectivity index (χ2n) is 4.82. The van der Waals surface area contributed by atoms with Gasteiger partial charge in [-0.1, -0.05) is 0 Å². The van der Waals surface area contributed by atoms with Gasteiger partial charge in [-0.15, -0.1) is 24.8 Å². The fourth-order valence-electron chi connectivity index (χ4n) is 2.54. The predicted molar refractivity (Wildman–Crippen MR) is 80.1 cm³/mol. The van der Waals surface area contributed by atoms with Crippen LogP contribution in [0.3, 0.4) is 0 Å². The summed E-state index contributed by atoms with van der Waals surface area (Å²) in [7, 11) is 5.58. The third kappa shape index (κ3) is 3.84. The molecule has 7 heteroatoms. The fourth-order valence-corrected chi connectivity index (χ4v) is 2.54. The van der Waals surface area contributed by atoms with Crippen LogP contribution >= 0.6 is 24.8 Å². The Bertz CT molecular complexity index is 408. The van der Waals surface area contributed by atoms with Crippen molar-refractivity contribution in [2.45, 2.75) is 12.3 Å². The van der Waals surface area contributed by atoms with E-state index >= 15 is 0 Å². The highest BCUT2D eigenvalue weighted by Gasteiger charge is 2.34. The Morgan fingerprint density at radius 2 is 2.16 bits per heavy atom. The minimum atomic E-state index is 0. The van der Waals surface area contributed by atoms with Crippen LogP contribution in [-0.2, 0) is 11.8 Å². The number of amides is 1. The molecule has 1 amide bonds. The Morgan fingerprint density at radius 3 is 2.68 bits per heavy atom. The van der Waals surface area contributed by atoms with Crippen LogP contribution in [-0.4, -0.2) is 47.8 Å². The van der Waals surface area contributed by atoms with E-state index in [1.807, 2.05) is 31.9 Å². The highest BCUT2D eigenvalue weighted by molar-refractivity contribution is 5.85. The molecular weight excluding hydrogens is 287 g/mol. The van der Waals surface area contributed by atoms with Crippen LogP contribution in [0.15, 0.2) is 12.3 Å². The van der Waals surface area contributed by atoms with Gasteiger partial charge < -0.3 is 10.2 Å². The maximum absolute atomic E-state index is 12.2. The Labute approximate surface area is 126 Å². The molecule has 1 fully saturated rings. The lowest BCUT2D eigenvalue weighted by atomic mass is 9.83. The highest BCUT2D eigenvalue weighted by Crippen LogP contribution is 2.29. The van der Waals surface area contributed by atoms with Crippen molar-refractivity contribution in [2.24, 2.45) is 13.0 Å². The van der Waals surface area contributed by atoms with Gasteiger partial charge in [-0.25, -0.2) is 0 Å². The first kappa shape index (κ1) is 18.2. The molecule has 0 aliphatic carbocycles. The number of carbonyl (C=O) groups excluding carboxylic acids is 1. The molecule has 1 aromatic rings. The van der Waals surface area contributed by atoms with Gasteiger partial charge in [0.2, 0.25) is 5.91 Å². The summed E-state index contributed by atoms with van der Waals surface area (Å²) in [5, 5.41) is 7.56. The Kier molecular flexibility index (Phi) is 7.41. The van der Waals surface area contributed by atoms with Crippen LogP contribution in [0, 0.1) is 5.92 Å².